The average molecular weight is 295 g/mol. The minimum atomic E-state index is 0.328. The van der Waals surface area contributed by atoms with E-state index in [2.05, 4.69) is 48.0 Å². The predicted octanol–water partition coefficient (Wildman–Crippen LogP) is 5.09. The molecule has 0 amide bonds. The van der Waals surface area contributed by atoms with E-state index in [9.17, 15) is 0 Å². The summed E-state index contributed by atoms with van der Waals surface area (Å²) in [4.78, 5) is 5.73. The van der Waals surface area contributed by atoms with Crippen molar-refractivity contribution >= 4 is 11.8 Å². The Kier molecular flexibility index (Phi) is 6.37. The van der Waals surface area contributed by atoms with Crippen LogP contribution in [0.15, 0.2) is 53.4 Å². The molecule has 1 unspecified atom stereocenters. The topological polar surface area (TPSA) is 12.9 Å². The highest BCUT2D eigenvalue weighted by Crippen LogP contribution is 2.26. The molecule has 1 nitrogen and oxygen atoms in total. The Morgan fingerprint density at radius 3 is 2.62 bits per heavy atom. The van der Waals surface area contributed by atoms with Crippen LogP contribution in [0.2, 0.25) is 0 Å². The van der Waals surface area contributed by atoms with Crippen LogP contribution in [0.1, 0.15) is 37.6 Å². The van der Waals surface area contributed by atoms with Crippen LogP contribution >= 0.6 is 11.8 Å². The summed E-state index contributed by atoms with van der Waals surface area (Å²) in [5, 5.41) is 0.328. The largest absolute Gasteiger partial charge is 0.245 e. The molecule has 1 atom stereocenters. The SMILES string of the molecule is CCCCC(C#Cc1cccc(C)n1)Sc1ccccc1. The molecule has 0 N–H and O–H groups in total. The predicted molar refractivity (Wildman–Crippen MR) is 91.5 cm³/mol. The zero-order valence-electron chi connectivity index (χ0n) is 12.7. The number of rotatable bonds is 5. The number of aryl methyl sites for hydroxylation is 1. The van der Waals surface area contributed by atoms with Crippen LogP contribution in [0, 0.1) is 18.8 Å². The van der Waals surface area contributed by atoms with E-state index in [1.807, 2.05) is 43.0 Å². The van der Waals surface area contributed by atoms with Crippen molar-refractivity contribution in [3.05, 3.63) is 59.9 Å². The van der Waals surface area contributed by atoms with Crippen LogP contribution in [0.25, 0.3) is 0 Å². The van der Waals surface area contributed by atoms with E-state index in [1.54, 1.807) is 0 Å². The van der Waals surface area contributed by atoms with Crippen molar-refractivity contribution in [1.29, 1.82) is 0 Å². The Hall–Kier alpha value is -1.72. The molecule has 0 saturated heterocycles. The molecule has 0 aliphatic rings. The molecule has 2 heteroatoms. The first-order chi connectivity index (χ1) is 10.3. The Balaban J connectivity index is 2.09. The first-order valence-electron chi connectivity index (χ1n) is 7.45. The third-order valence-electron chi connectivity index (χ3n) is 3.09. The Labute approximate surface area is 132 Å². The van der Waals surface area contributed by atoms with E-state index in [4.69, 9.17) is 0 Å². The third-order valence-corrected chi connectivity index (χ3v) is 4.27. The lowest BCUT2D eigenvalue weighted by Crippen LogP contribution is -1.99. The average Bonchev–Trinajstić information content (AvgIpc) is 2.51. The number of nitrogens with zero attached hydrogens (tertiary/aromatic N) is 1. The van der Waals surface area contributed by atoms with Crippen LogP contribution in [-0.4, -0.2) is 10.2 Å². The molecule has 0 aliphatic carbocycles. The Morgan fingerprint density at radius 1 is 1.10 bits per heavy atom. The second-order valence-corrected chi connectivity index (χ2v) is 6.27. The maximum absolute atomic E-state index is 4.45. The summed E-state index contributed by atoms with van der Waals surface area (Å²) in [5.74, 6) is 6.63. The molecule has 1 aromatic carbocycles. The summed E-state index contributed by atoms with van der Waals surface area (Å²) in [5.41, 5.74) is 1.88. The second kappa shape index (κ2) is 8.54. The van der Waals surface area contributed by atoms with Gasteiger partial charge in [0.15, 0.2) is 0 Å². The fourth-order valence-corrected chi connectivity index (χ4v) is 3.03. The molecule has 2 rings (SSSR count). The van der Waals surface area contributed by atoms with Gasteiger partial charge in [-0.1, -0.05) is 50.0 Å². The van der Waals surface area contributed by atoms with Gasteiger partial charge in [0.25, 0.3) is 0 Å². The quantitative estimate of drug-likeness (QED) is 0.562. The van der Waals surface area contributed by atoms with Gasteiger partial charge >= 0.3 is 0 Å². The highest BCUT2D eigenvalue weighted by molar-refractivity contribution is 8.00. The van der Waals surface area contributed by atoms with Gasteiger partial charge in [0.2, 0.25) is 0 Å². The Bertz CT molecular complexity index is 610. The van der Waals surface area contributed by atoms with Crippen LogP contribution in [-0.2, 0) is 0 Å². The normalized spacial score (nSPS) is 11.5. The molecule has 1 heterocycles. The van der Waals surface area contributed by atoms with Crippen LogP contribution in [0.5, 0.6) is 0 Å². The van der Waals surface area contributed by atoms with E-state index in [0.717, 1.165) is 17.8 Å². The highest BCUT2D eigenvalue weighted by Gasteiger charge is 2.06. The molecule has 0 radical (unpaired) electrons. The first-order valence-corrected chi connectivity index (χ1v) is 8.33. The minimum absolute atomic E-state index is 0.328. The molecule has 0 aliphatic heterocycles. The van der Waals surface area contributed by atoms with Crippen molar-refractivity contribution in [1.82, 2.24) is 4.98 Å². The van der Waals surface area contributed by atoms with E-state index in [1.165, 1.54) is 17.7 Å². The lowest BCUT2D eigenvalue weighted by Gasteiger charge is -2.09. The molecule has 1 aromatic heterocycles. The summed E-state index contributed by atoms with van der Waals surface area (Å²) in [6.07, 6.45) is 3.53. The van der Waals surface area contributed by atoms with Gasteiger partial charge in [-0.2, -0.15) is 0 Å². The summed E-state index contributed by atoms with van der Waals surface area (Å²) in [6.45, 7) is 4.22. The molecular weight excluding hydrogens is 274 g/mol. The standard InChI is InChI=1S/C19H21NS/c1-3-4-11-19(21-18-12-6-5-7-13-18)15-14-17-10-8-9-16(2)20-17/h5-10,12-13,19H,3-4,11H2,1-2H3. The molecular formula is C19H21NS. The van der Waals surface area contributed by atoms with Crippen molar-refractivity contribution in [2.24, 2.45) is 0 Å². The number of hydrogen-bond donors (Lipinski definition) is 0. The van der Waals surface area contributed by atoms with E-state index >= 15 is 0 Å². The van der Waals surface area contributed by atoms with Crippen molar-refractivity contribution in [3.8, 4) is 11.8 Å². The van der Waals surface area contributed by atoms with Crippen LogP contribution < -0.4 is 0 Å². The fraction of sp³-hybridized carbons (Fsp3) is 0.316. The van der Waals surface area contributed by atoms with Gasteiger partial charge in [-0.05, 0) is 43.5 Å². The Morgan fingerprint density at radius 2 is 1.90 bits per heavy atom. The van der Waals surface area contributed by atoms with Gasteiger partial charge in [-0.15, -0.1) is 11.8 Å². The molecule has 0 fully saturated rings. The van der Waals surface area contributed by atoms with Crippen LogP contribution in [0.3, 0.4) is 0 Å². The van der Waals surface area contributed by atoms with Gasteiger partial charge in [0.1, 0.15) is 5.69 Å². The number of pyridine rings is 1. The first kappa shape index (κ1) is 15.7. The number of hydrogen-bond acceptors (Lipinski definition) is 2. The maximum atomic E-state index is 4.45. The lowest BCUT2D eigenvalue weighted by atomic mass is 10.2. The molecule has 2 aromatic rings. The van der Waals surface area contributed by atoms with Gasteiger partial charge < -0.3 is 0 Å². The van der Waals surface area contributed by atoms with Crippen LogP contribution in [0.4, 0.5) is 0 Å². The van der Waals surface area contributed by atoms with E-state index < -0.39 is 0 Å². The fourth-order valence-electron chi connectivity index (χ4n) is 1.98. The minimum Gasteiger partial charge on any atom is -0.245 e. The monoisotopic (exact) mass is 295 g/mol. The summed E-state index contributed by atoms with van der Waals surface area (Å²) >= 11 is 1.85. The third kappa shape index (κ3) is 5.65. The van der Waals surface area contributed by atoms with Gasteiger partial charge in [-0.3, -0.25) is 0 Å². The molecule has 0 spiro atoms. The summed E-state index contributed by atoms with van der Waals surface area (Å²) < 4.78 is 0. The van der Waals surface area contributed by atoms with Crippen molar-refractivity contribution in [3.63, 3.8) is 0 Å². The number of thioether (sulfide) groups is 1. The smallest absolute Gasteiger partial charge is 0.113 e. The van der Waals surface area contributed by atoms with E-state index in [-0.39, 0.29) is 0 Å². The number of aromatic nitrogens is 1. The van der Waals surface area contributed by atoms with Gasteiger partial charge in [-0.25, -0.2) is 4.98 Å². The van der Waals surface area contributed by atoms with Gasteiger partial charge in [0.05, 0.1) is 5.25 Å². The zero-order chi connectivity index (χ0) is 14.9. The van der Waals surface area contributed by atoms with Gasteiger partial charge in [0, 0.05) is 10.6 Å². The second-order valence-electron chi connectivity index (χ2n) is 5.00. The van der Waals surface area contributed by atoms with Crippen molar-refractivity contribution in [2.45, 2.75) is 43.3 Å². The summed E-state index contributed by atoms with van der Waals surface area (Å²) in [7, 11) is 0. The number of benzene rings is 1. The van der Waals surface area contributed by atoms with Crippen molar-refractivity contribution in [2.75, 3.05) is 0 Å². The highest BCUT2D eigenvalue weighted by atomic mass is 32.2. The lowest BCUT2D eigenvalue weighted by molar-refractivity contribution is 0.745. The summed E-state index contributed by atoms with van der Waals surface area (Å²) in [6, 6.07) is 16.5. The molecule has 21 heavy (non-hydrogen) atoms. The van der Waals surface area contributed by atoms with Crippen molar-refractivity contribution < 1.29 is 0 Å². The number of unbranched alkanes of at least 4 members (excludes halogenated alkanes) is 1. The molecule has 0 saturated carbocycles. The van der Waals surface area contributed by atoms with E-state index in [0.29, 0.717) is 5.25 Å². The molecule has 108 valence electrons. The molecule has 0 bridgehead atoms. The zero-order valence-corrected chi connectivity index (χ0v) is 13.5. The maximum Gasteiger partial charge on any atom is 0.113 e.